The van der Waals surface area contributed by atoms with Crippen LogP contribution in [0, 0.1) is 0 Å². The van der Waals surface area contributed by atoms with Gasteiger partial charge in [0.2, 0.25) is 0 Å². The fourth-order valence-electron chi connectivity index (χ4n) is 1.35. The van der Waals surface area contributed by atoms with Crippen LogP contribution in [0.25, 0.3) is 0 Å². The van der Waals surface area contributed by atoms with Crippen molar-refractivity contribution in [1.29, 1.82) is 0 Å². The lowest BCUT2D eigenvalue weighted by molar-refractivity contribution is -0.142. The van der Waals surface area contributed by atoms with E-state index in [-0.39, 0.29) is 18.5 Å². The molecule has 0 fully saturated rings. The molecule has 1 aromatic rings. The van der Waals surface area contributed by atoms with E-state index in [4.69, 9.17) is 10.5 Å². The highest BCUT2D eigenvalue weighted by molar-refractivity contribution is 5.95. The molecule has 0 aliphatic carbocycles. The molecule has 0 aliphatic heterocycles. The van der Waals surface area contributed by atoms with Crippen LogP contribution in [0.2, 0.25) is 0 Å². The Kier molecular flexibility index (Phi) is 4.51. The van der Waals surface area contributed by atoms with Crippen molar-refractivity contribution in [2.45, 2.75) is 19.4 Å². The fraction of sp³-hybridized carbons (Fsp3) is 0.333. The number of methoxy groups -OCH3 is 1. The summed E-state index contributed by atoms with van der Waals surface area (Å²) in [4.78, 5) is 22.2. The minimum atomic E-state index is -0.564. The molecule has 0 saturated heterocycles. The molecule has 0 saturated carbocycles. The summed E-state index contributed by atoms with van der Waals surface area (Å²) in [6.45, 7) is 1.72. The van der Waals surface area contributed by atoms with E-state index in [1.54, 1.807) is 31.2 Å². The third-order valence-electron chi connectivity index (χ3n) is 2.16. The minimum absolute atomic E-state index is 0.115. The van der Waals surface area contributed by atoms with E-state index in [1.807, 2.05) is 0 Å². The molecule has 5 heteroatoms. The minimum Gasteiger partial charge on any atom is -0.489 e. The zero-order chi connectivity index (χ0) is 12.8. The van der Waals surface area contributed by atoms with Gasteiger partial charge in [0, 0.05) is 0 Å². The number of nitrogens with two attached hydrogens (primary N) is 1. The van der Waals surface area contributed by atoms with E-state index in [1.165, 1.54) is 7.11 Å². The number of carbonyl (C=O) groups excluding carboxylic acids is 2. The molecule has 2 N–H and O–H groups in total. The molecule has 1 atom stereocenters. The fourth-order valence-corrected chi connectivity index (χ4v) is 1.35. The van der Waals surface area contributed by atoms with Gasteiger partial charge in [-0.05, 0) is 19.1 Å². The van der Waals surface area contributed by atoms with Crippen LogP contribution in [0.3, 0.4) is 0 Å². The van der Waals surface area contributed by atoms with Gasteiger partial charge in [0.15, 0.2) is 0 Å². The molecule has 5 nitrogen and oxygen atoms in total. The maximum atomic E-state index is 11.1. The number of hydrogen-bond donors (Lipinski definition) is 1. The molecule has 0 aromatic heterocycles. The molecule has 92 valence electrons. The smallest absolute Gasteiger partial charge is 0.309 e. The summed E-state index contributed by atoms with van der Waals surface area (Å²) >= 11 is 0. The van der Waals surface area contributed by atoms with Crippen molar-refractivity contribution in [1.82, 2.24) is 0 Å². The molecule has 1 amide bonds. The molecule has 0 heterocycles. The molecule has 0 radical (unpaired) electrons. The van der Waals surface area contributed by atoms with Gasteiger partial charge in [0.1, 0.15) is 11.9 Å². The van der Waals surface area contributed by atoms with Crippen LogP contribution in [0.15, 0.2) is 24.3 Å². The van der Waals surface area contributed by atoms with Crippen LogP contribution in [0.1, 0.15) is 23.7 Å². The van der Waals surface area contributed by atoms with Crippen molar-refractivity contribution in [3.63, 3.8) is 0 Å². The van der Waals surface area contributed by atoms with E-state index >= 15 is 0 Å². The first-order valence-electron chi connectivity index (χ1n) is 5.17. The Morgan fingerprint density at radius 1 is 1.35 bits per heavy atom. The van der Waals surface area contributed by atoms with Crippen molar-refractivity contribution in [3.8, 4) is 5.75 Å². The van der Waals surface area contributed by atoms with E-state index in [9.17, 15) is 9.59 Å². The Morgan fingerprint density at radius 2 is 2.00 bits per heavy atom. The number of ether oxygens (including phenoxy) is 2. The zero-order valence-electron chi connectivity index (χ0n) is 9.80. The Morgan fingerprint density at radius 3 is 2.59 bits per heavy atom. The number of esters is 1. The first-order valence-corrected chi connectivity index (χ1v) is 5.17. The third kappa shape index (κ3) is 3.79. The first kappa shape index (κ1) is 13.0. The molecule has 1 aromatic carbocycles. The van der Waals surface area contributed by atoms with Crippen molar-refractivity contribution in [2.24, 2.45) is 5.73 Å². The Labute approximate surface area is 99.5 Å². The average Bonchev–Trinajstić information content (AvgIpc) is 2.29. The number of benzene rings is 1. The maximum absolute atomic E-state index is 11.1. The average molecular weight is 237 g/mol. The van der Waals surface area contributed by atoms with Crippen LogP contribution in [-0.2, 0) is 9.53 Å². The summed E-state index contributed by atoms with van der Waals surface area (Å²) in [7, 11) is 1.31. The normalized spacial score (nSPS) is 11.6. The summed E-state index contributed by atoms with van der Waals surface area (Å²) in [6, 6.07) is 6.63. The topological polar surface area (TPSA) is 78.6 Å². The Bertz CT molecular complexity index is 417. The van der Waals surface area contributed by atoms with Gasteiger partial charge in [0.05, 0.1) is 19.1 Å². The highest BCUT2D eigenvalue weighted by Crippen LogP contribution is 2.19. The van der Waals surface area contributed by atoms with Crippen LogP contribution in [-0.4, -0.2) is 25.1 Å². The summed E-state index contributed by atoms with van der Waals surface area (Å²) in [6.07, 6.45) is -0.271. The van der Waals surface area contributed by atoms with Gasteiger partial charge in [-0.3, -0.25) is 9.59 Å². The summed E-state index contributed by atoms with van der Waals surface area (Å²) < 4.78 is 10.0. The number of primary amides is 1. The highest BCUT2D eigenvalue weighted by atomic mass is 16.5. The van der Waals surface area contributed by atoms with E-state index in [0.717, 1.165) is 0 Å². The lowest BCUT2D eigenvalue weighted by Gasteiger charge is -2.15. The van der Waals surface area contributed by atoms with Gasteiger partial charge in [-0.2, -0.15) is 0 Å². The second-order valence-corrected chi connectivity index (χ2v) is 3.57. The van der Waals surface area contributed by atoms with Gasteiger partial charge in [-0.25, -0.2) is 0 Å². The maximum Gasteiger partial charge on any atom is 0.309 e. The molecule has 1 unspecified atom stereocenters. The summed E-state index contributed by atoms with van der Waals surface area (Å²) in [5.41, 5.74) is 5.50. The van der Waals surface area contributed by atoms with E-state index < -0.39 is 5.91 Å². The number of amides is 1. The highest BCUT2D eigenvalue weighted by Gasteiger charge is 2.14. The standard InChI is InChI=1S/C12H15NO4/c1-8(7-11(14)16-2)17-10-6-4-3-5-9(10)12(13)15/h3-6,8H,7H2,1-2H3,(H2,13,15). The van der Waals surface area contributed by atoms with Gasteiger partial charge >= 0.3 is 5.97 Å². The molecule has 0 aliphatic rings. The predicted molar refractivity (Wildman–Crippen MR) is 61.7 cm³/mol. The molecular weight excluding hydrogens is 222 g/mol. The van der Waals surface area contributed by atoms with Crippen LogP contribution in [0.5, 0.6) is 5.75 Å². The van der Waals surface area contributed by atoms with Gasteiger partial charge < -0.3 is 15.2 Å². The number of hydrogen-bond acceptors (Lipinski definition) is 4. The molecule has 1 rings (SSSR count). The van der Waals surface area contributed by atoms with Crippen molar-refractivity contribution < 1.29 is 19.1 Å². The third-order valence-corrected chi connectivity index (χ3v) is 2.16. The first-order chi connectivity index (χ1) is 8.04. The predicted octanol–water partition coefficient (Wildman–Crippen LogP) is 1.12. The van der Waals surface area contributed by atoms with Gasteiger partial charge in [-0.1, -0.05) is 12.1 Å². The lowest BCUT2D eigenvalue weighted by Crippen LogP contribution is -2.20. The van der Waals surface area contributed by atoms with Crippen LogP contribution < -0.4 is 10.5 Å². The van der Waals surface area contributed by atoms with E-state index in [2.05, 4.69) is 4.74 Å². The zero-order valence-corrected chi connectivity index (χ0v) is 9.80. The molecular formula is C12H15NO4. The van der Waals surface area contributed by atoms with Gasteiger partial charge in [0.25, 0.3) is 5.91 Å². The Hall–Kier alpha value is -2.04. The molecule has 0 spiro atoms. The molecule has 0 bridgehead atoms. The lowest BCUT2D eigenvalue weighted by atomic mass is 10.2. The summed E-state index contributed by atoms with van der Waals surface area (Å²) in [5.74, 6) is -0.559. The van der Waals surface area contributed by atoms with Crippen molar-refractivity contribution in [2.75, 3.05) is 7.11 Å². The quantitative estimate of drug-likeness (QED) is 0.778. The molecule has 17 heavy (non-hydrogen) atoms. The van der Waals surface area contributed by atoms with Gasteiger partial charge in [-0.15, -0.1) is 0 Å². The second kappa shape index (κ2) is 5.89. The number of carbonyl (C=O) groups is 2. The SMILES string of the molecule is COC(=O)CC(C)Oc1ccccc1C(N)=O. The largest absolute Gasteiger partial charge is 0.489 e. The van der Waals surface area contributed by atoms with Crippen LogP contribution >= 0.6 is 0 Å². The summed E-state index contributed by atoms with van der Waals surface area (Å²) in [5, 5.41) is 0. The van der Waals surface area contributed by atoms with Crippen molar-refractivity contribution >= 4 is 11.9 Å². The second-order valence-electron chi connectivity index (χ2n) is 3.57. The number of para-hydroxylation sites is 1. The monoisotopic (exact) mass is 237 g/mol. The Balaban J connectivity index is 2.74. The van der Waals surface area contributed by atoms with E-state index in [0.29, 0.717) is 11.3 Å². The van der Waals surface area contributed by atoms with Crippen molar-refractivity contribution in [3.05, 3.63) is 29.8 Å². The van der Waals surface area contributed by atoms with Crippen LogP contribution in [0.4, 0.5) is 0 Å². The number of rotatable bonds is 5.